The third-order valence-electron chi connectivity index (χ3n) is 3.90. The van der Waals surface area contributed by atoms with Gasteiger partial charge in [-0.1, -0.05) is 54.1 Å². The van der Waals surface area contributed by atoms with Gasteiger partial charge in [0.2, 0.25) is 5.91 Å². The molecule has 0 radical (unpaired) electrons. The number of hydrogen-bond donors (Lipinski definition) is 0. The molecule has 1 unspecified atom stereocenters. The minimum absolute atomic E-state index is 0.0811. The van der Waals surface area contributed by atoms with Crippen molar-refractivity contribution in [2.45, 2.75) is 25.8 Å². The van der Waals surface area contributed by atoms with Crippen LogP contribution in [0.4, 0.5) is 5.69 Å². The summed E-state index contributed by atoms with van der Waals surface area (Å²) >= 11 is 0. The quantitative estimate of drug-likeness (QED) is 0.764. The number of nitrogens with zero attached hydrogens (tertiary/aromatic N) is 1. The predicted molar refractivity (Wildman–Crippen MR) is 86.2 cm³/mol. The molecule has 0 aromatic heterocycles. The van der Waals surface area contributed by atoms with Gasteiger partial charge >= 0.3 is 0 Å². The van der Waals surface area contributed by atoms with Crippen molar-refractivity contribution in [1.82, 2.24) is 0 Å². The highest BCUT2D eigenvalue weighted by Gasteiger charge is 2.36. The van der Waals surface area contributed by atoms with E-state index in [2.05, 4.69) is 24.8 Å². The van der Waals surface area contributed by atoms with Gasteiger partial charge in [-0.15, -0.1) is 6.58 Å². The zero-order valence-electron chi connectivity index (χ0n) is 12.3. The molecule has 2 aromatic rings. The number of allylic oxidation sites excluding steroid dienone is 1. The summed E-state index contributed by atoms with van der Waals surface area (Å²) in [6.45, 7) is 6.57. The van der Waals surface area contributed by atoms with E-state index >= 15 is 0 Å². The van der Waals surface area contributed by atoms with E-state index < -0.39 is 0 Å². The van der Waals surface area contributed by atoms with Gasteiger partial charge in [0.05, 0.1) is 12.5 Å². The van der Waals surface area contributed by atoms with Crippen molar-refractivity contribution in [1.29, 1.82) is 0 Å². The van der Waals surface area contributed by atoms with E-state index in [0.717, 1.165) is 28.8 Å². The summed E-state index contributed by atoms with van der Waals surface area (Å²) in [5, 5.41) is 0. The Labute approximate surface area is 125 Å². The molecule has 3 rings (SSSR count). The zero-order chi connectivity index (χ0) is 14.8. The maximum absolute atomic E-state index is 12.8. The molecule has 0 N–H and O–H groups in total. The lowest BCUT2D eigenvalue weighted by Gasteiger charge is -2.18. The van der Waals surface area contributed by atoms with Crippen molar-refractivity contribution < 1.29 is 4.79 Å². The van der Waals surface area contributed by atoms with Crippen LogP contribution in [0.3, 0.4) is 0 Å². The second kappa shape index (κ2) is 5.57. The van der Waals surface area contributed by atoms with E-state index in [4.69, 9.17) is 0 Å². The van der Waals surface area contributed by atoms with Gasteiger partial charge in [-0.25, -0.2) is 0 Å². The van der Waals surface area contributed by atoms with E-state index in [-0.39, 0.29) is 11.8 Å². The fourth-order valence-corrected chi connectivity index (χ4v) is 2.94. The molecule has 1 amide bonds. The molecular weight excluding hydrogens is 258 g/mol. The van der Waals surface area contributed by atoms with Crippen LogP contribution in [-0.4, -0.2) is 5.91 Å². The molecule has 106 valence electrons. The number of rotatable bonds is 4. The van der Waals surface area contributed by atoms with Crippen LogP contribution in [0.15, 0.2) is 66.7 Å². The van der Waals surface area contributed by atoms with Crippen molar-refractivity contribution >= 4 is 11.6 Å². The largest absolute Gasteiger partial charge is 0.307 e. The second-order valence-electron chi connectivity index (χ2n) is 5.68. The lowest BCUT2D eigenvalue weighted by atomic mass is 9.94. The zero-order valence-corrected chi connectivity index (χ0v) is 12.3. The molecule has 0 bridgehead atoms. The first-order chi connectivity index (χ1) is 10.2. The number of carbonyl (C=O) groups is 1. The summed E-state index contributed by atoms with van der Waals surface area (Å²) in [5.74, 6) is 0.102. The van der Waals surface area contributed by atoms with Crippen LogP contribution in [0.1, 0.15) is 30.4 Å². The molecule has 1 aliphatic heterocycles. The van der Waals surface area contributed by atoms with Crippen molar-refractivity contribution in [2.75, 3.05) is 4.90 Å². The van der Waals surface area contributed by atoms with Crippen LogP contribution >= 0.6 is 0 Å². The molecule has 0 aliphatic carbocycles. The van der Waals surface area contributed by atoms with E-state index in [1.165, 1.54) is 0 Å². The molecule has 1 atom stereocenters. The smallest absolute Gasteiger partial charge is 0.235 e. The molecule has 0 fully saturated rings. The van der Waals surface area contributed by atoms with E-state index in [1.807, 2.05) is 48.2 Å². The summed E-state index contributed by atoms with van der Waals surface area (Å²) < 4.78 is 0. The van der Waals surface area contributed by atoms with E-state index in [1.54, 1.807) is 0 Å². The summed E-state index contributed by atoms with van der Waals surface area (Å²) in [6.07, 6.45) is 0.723. The first-order valence-electron chi connectivity index (χ1n) is 7.25. The monoisotopic (exact) mass is 277 g/mol. The Hall–Kier alpha value is -2.35. The number of benzene rings is 2. The molecule has 0 spiro atoms. The van der Waals surface area contributed by atoms with Crippen LogP contribution in [0.25, 0.3) is 0 Å². The minimum Gasteiger partial charge on any atom is -0.307 e. The van der Waals surface area contributed by atoms with Gasteiger partial charge in [0.25, 0.3) is 0 Å². The van der Waals surface area contributed by atoms with Crippen molar-refractivity contribution in [3.63, 3.8) is 0 Å². The molecule has 1 heterocycles. The van der Waals surface area contributed by atoms with Crippen LogP contribution in [-0.2, 0) is 11.3 Å². The summed E-state index contributed by atoms with van der Waals surface area (Å²) in [5.41, 5.74) is 4.36. The molecule has 2 nitrogen and oxygen atoms in total. The second-order valence-corrected chi connectivity index (χ2v) is 5.68. The molecular formula is C19H19NO. The van der Waals surface area contributed by atoms with Crippen LogP contribution in [0.2, 0.25) is 0 Å². The number of carbonyl (C=O) groups excluding carboxylic acids is 1. The summed E-state index contributed by atoms with van der Waals surface area (Å²) in [6, 6.07) is 18.2. The number of hydrogen-bond acceptors (Lipinski definition) is 1. The van der Waals surface area contributed by atoms with Crippen LogP contribution in [0.5, 0.6) is 0 Å². The van der Waals surface area contributed by atoms with E-state index in [0.29, 0.717) is 6.54 Å². The highest BCUT2D eigenvalue weighted by atomic mass is 16.2. The normalized spacial score (nSPS) is 16.9. The Morgan fingerprint density at radius 2 is 1.76 bits per heavy atom. The maximum Gasteiger partial charge on any atom is 0.235 e. The molecule has 1 aliphatic rings. The fraction of sp³-hybridized carbons (Fsp3) is 0.211. The predicted octanol–water partition coefficient (Wildman–Crippen LogP) is 4.28. The highest BCUT2D eigenvalue weighted by Crippen LogP contribution is 2.40. The van der Waals surface area contributed by atoms with Crippen molar-refractivity contribution in [3.8, 4) is 0 Å². The standard InChI is InChI=1S/C19H19NO/c1-14(2)12-17-16-10-6-7-11-18(16)20(19(17)21)13-15-8-4-3-5-9-15/h3-11,17H,1,12-13H2,2H3. The molecule has 0 saturated carbocycles. The highest BCUT2D eigenvalue weighted by molar-refractivity contribution is 6.05. The van der Waals surface area contributed by atoms with Gasteiger partial charge in [-0.3, -0.25) is 4.79 Å². The number of anilines is 1. The lowest BCUT2D eigenvalue weighted by Crippen LogP contribution is -2.28. The number of fused-ring (bicyclic) bond motifs is 1. The third kappa shape index (κ3) is 2.62. The number of para-hydroxylation sites is 1. The topological polar surface area (TPSA) is 20.3 Å². The maximum atomic E-state index is 12.8. The fourth-order valence-electron chi connectivity index (χ4n) is 2.94. The first-order valence-corrected chi connectivity index (χ1v) is 7.25. The van der Waals surface area contributed by atoms with Crippen molar-refractivity contribution in [3.05, 3.63) is 77.9 Å². The number of amides is 1. The van der Waals surface area contributed by atoms with Crippen molar-refractivity contribution in [2.24, 2.45) is 0 Å². The van der Waals surface area contributed by atoms with Crippen LogP contribution < -0.4 is 4.90 Å². The third-order valence-corrected chi connectivity index (χ3v) is 3.90. The van der Waals surface area contributed by atoms with E-state index in [9.17, 15) is 4.79 Å². The Morgan fingerprint density at radius 1 is 1.10 bits per heavy atom. The van der Waals surface area contributed by atoms with Crippen LogP contribution in [0, 0.1) is 0 Å². The molecule has 2 heteroatoms. The Balaban J connectivity index is 1.95. The van der Waals surface area contributed by atoms with Gasteiger partial charge in [0.15, 0.2) is 0 Å². The van der Waals surface area contributed by atoms with Gasteiger partial charge in [-0.05, 0) is 30.5 Å². The Morgan fingerprint density at radius 3 is 2.48 bits per heavy atom. The Kier molecular flexibility index (Phi) is 3.61. The van der Waals surface area contributed by atoms with Gasteiger partial charge in [0, 0.05) is 5.69 Å². The SMILES string of the molecule is C=C(C)CC1C(=O)N(Cc2ccccc2)c2ccccc21. The summed E-state index contributed by atoms with van der Waals surface area (Å²) in [4.78, 5) is 14.7. The molecule has 2 aromatic carbocycles. The minimum atomic E-state index is -0.0811. The first kappa shape index (κ1) is 13.6. The van der Waals surface area contributed by atoms with Gasteiger partial charge in [0.1, 0.15) is 0 Å². The average molecular weight is 277 g/mol. The lowest BCUT2D eigenvalue weighted by molar-refractivity contribution is -0.119. The summed E-state index contributed by atoms with van der Waals surface area (Å²) in [7, 11) is 0. The average Bonchev–Trinajstić information content (AvgIpc) is 2.74. The molecule has 0 saturated heterocycles. The Bertz CT molecular complexity index is 675. The van der Waals surface area contributed by atoms with Gasteiger partial charge < -0.3 is 4.90 Å². The van der Waals surface area contributed by atoms with Gasteiger partial charge in [-0.2, -0.15) is 0 Å². The molecule has 21 heavy (non-hydrogen) atoms.